The summed E-state index contributed by atoms with van der Waals surface area (Å²) in [5.41, 5.74) is 6.65. The Morgan fingerprint density at radius 1 is 1.17 bits per heavy atom. The third-order valence-electron chi connectivity index (χ3n) is 2.77. The van der Waals surface area contributed by atoms with E-state index in [-0.39, 0.29) is 6.04 Å². The number of thiophene rings is 1. The first-order valence-corrected chi connectivity index (χ1v) is 6.69. The third-order valence-corrected chi connectivity index (χ3v) is 4.14. The first-order valence-electron chi connectivity index (χ1n) is 5.87. The van der Waals surface area contributed by atoms with Crippen LogP contribution in [0.25, 0.3) is 0 Å². The summed E-state index contributed by atoms with van der Waals surface area (Å²) in [7, 11) is 0. The molecule has 0 saturated carbocycles. The lowest BCUT2D eigenvalue weighted by atomic mass is 10.1. The van der Waals surface area contributed by atoms with Gasteiger partial charge in [-0.3, -0.25) is 0 Å². The number of aryl methyl sites for hydroxylation is 1. The zero-order chi connectivity index (χ0) is 13.1. The number of nitrogens with two attached hydrogens (primary N) is 1. The Labute approximate surface area is 109 Å². The normalized spacial score (nSPS) is 12.7. The Morgan fingerprint density at radius 2 is 1.83 bits per heavy atom. The number of benzene rings is 1. The summed E-state index contributed by atoms with van der Waals surface area (Å²) in [6.07, 6.45) is 1.42. The summed E-state index contributed by atoms with van der Waals surface area (Å²) >= 11 is 1.66. The summed E-state index contributed by atoms with van der Waals surface area (Å²) < 4.78 is 26.1. The van der Waals surface area contributed by atoms with Crippen molar-refractivity contribution in [3.8, 4) is 0 Å². The Kier molecular flexibility index (Phi) is 4.09. The molecule has 0 saturated heterocycles. The maximum atomic E-state index is 13.1. The molecule has 4 heteroatoms. The lowest BCUT2D eigenvalue weighted by Crippen LogP contribution is -2.12. The fraction of sp³-hybridized carbons (Fsp3) is 0.286. The van der Waals surface area contributed by atoms with Crippen molar-refractivity contribution in [2.24, 2.45) is 5.73 Å². The van der Waals surface area contributed by atoms with Crippen LogP contribution in [0.3, 0.4) is 0 Å². The molecule has 96 valence electrons. The van der Waals surface area contributed by atoms with Crippen LogP contribution in [-0.2, 0) is 12.8 Å². The van der Waals surface area contributed by atoms with Gasteiger partial charge in [-0.1, -0.05) is 6.92 Å². The van der Waals surface area contributed by atoms with Crippen LogP contribution < -0.4 is 5.73 Å². The van der Waals surface area contributed by atoms with E-state index in [0.29, 0.717) is 12.0 Å². The van der Waals surface area contributed by atoms with Gasteiger partial charge in [0.05, 0.1) is 0 Å². The van der Waals surface area contributed by atoms with Crippen molar-refractivity contribution in [1.82, 2.24) is 0 Å². The highest BCUT2D eigenvalue weighted by Gasteiger charge is 2.11. The van der Waals surface area contributed by atoms with Crippen molar-refractivity contribution in [2.75, 3.05) is 0 Å². The molecular formula is C14H15F2NS. The number of rotatable bonds is 4. The maximum Gasteiger partial charge on any atom is 0.126 e. The topological polar surface area (TPSA) is 26.0 Å². The van der Waals surface area contributed by atoms with E-state index in [1.165, 1.54) is 17.0 Å². The monoisotopic (exact) mass is 267 g/mol. The minimum absolute atomic E-state index is 0.212. The van der Waals surface area contributed by atoms with E-state index in [4.69, 9.17) is 5.73 Å². The smallest absolute Gasteiger partial charge is 0.126 e. The zero-order valence-electron chi connectivity index (χ0n) is 10.1. The average Bonchev–Trinajstić information content (AvgIpc) is 2.75. The van der Waals surface area contributed by atoms with Crippen molar-refractivity contribution < 1.29 is 8.78 Å². The lowest BCUT2D eigenvalue weighted by molar-refractivity contribution is 0.577. The van der Waals surface area contributed by atoms with Crippen LogP contribution in [-0.4, -0.2) is 0 Å². The van der Waals surface area contributed by atoms with Gasteiger partial charge in [-0.05, 0) is 42.7 Å². The first kappa shape index (κ1) is 13.2. The molecule has 0 amide bonds. The minimum atomic E-state index is -0.558. The SMILES string of the molecule is CCc1ccc(C(N)Cc2cc(F)cc(F)c2)s1. The van der Waals surface area contributed by atoms with Gasteiger partial charge in [0, 0.05) is 21.9 Å². The molecule has 2 aromatic rings. The van der Waals surface area contributed by atoms with Crippen LogP contribution in [0.15, 0.2) is 30.3 Å². The van der Waals surface area contributed by atoms with E-state index in [0.717, 1.165) is 17.4 Å². The highest BCUT2D eigenvalue weighted by Crippen LogP contribution is 2.25. The third kappa shape index (κ3) is 3.15. The molecule has 0 bridgehead atoms. The summed E-state index contributed by atoms with van der Waals surface area (Å²) in [5, 5.41) is 0. The fourth-order valence-corrected chi connectivity index (χ4v) is 2.82. The van der Waals surface area contributed by atoms with Crippen molar-refractivity contribution in [3.05, 3.63) is 57.3 Å². The van der Waals surface area contributed by atoms with Crippen molar-refractivity contribution in [3.63, 3.8) is 0 Å². The second-order valence-electron chi connectivity index (χ2n) is 4.25. The standard InChI is InChI=1S/C14H15F2NS/c1-2-12-3-4-14(18-12)13(17)7-9-5-10(15)8-11(16)6-9/h3-6,8,13H,2,7,17H2,1H3. The molecule has 0 spiro atoms. The number of hydrogen-bond acceptors (Lipinski definition) is 2. The molecule has 1 nitrogen and oxygen atoms in total. The van der Waals surface area contributed by atoms with E-state index >= 15 is 0 Å². The van der Waals surface area contributed by atoms with Gasteiger partial charge in [0.2, 0.25) is 0 Å². The van der Waals surface area contributed by atoms with Crippen LogP contribution in [0.1, 0.15) is 28.3 Å². The lowest BCUT2D eigenvalue weighted by Gasteiger charge is -2.09. The molecule has 0 aliphatic carbocycles. The van der Waals surface area contributed by atoms with E-state index in [9.17, 15) is 8.78 Å². The Morgan fingerprint density at radius 3 is 2.39 bits per heavy atom. The van der Waals surface area contributed by atoms with Gasteiger partial charge >= 0.3 is 0 Å². The molecular weight excluding hydrogens is 252 g/mol. The van der Waals surface area contributed by atoms with Gasteiger partial charge in [0.1, 0.15) is 11.6 Å². The fourth-order valence-electron chi connectivity index (χ4n) is 1.87. The van der Waals surface area contributed by atoms with Crippen LogP contribution in [0, 0.1) is 11.6 Å². The van der Waals surface area contributed by atoms with Gasteiger partial charge < -0.3 is 5.73 Å². The minimum Gasteiger partial charge on any atom is -0.323 e. The maximum absolute atomic E-state index is 13.1. The summed E-state index contributed by atoms with van der Waals surface area (Å²) in [4.78, 5) is 2.32. The Balaban J connectivity index is 2.12. The van der Waals surface area contributed by atoms with Gasteiger partial charge in [0.15, 0.2) is 0 Å². The second-order valence-corrected chi connectivity index (χ2v) is 5.45. The molecule has 2 N–H and O–H groups in total. The van der Waals surface area contributed by atoms with Crippen LogP contribution in [0.4, 0.5) is 8.78 Å². The van der Waals surface area contributed by atoms with Gasteiger partial charge in [-0.25, -0.2) is 8.78 Å². The summed E-state index contributed by atoms with van der Waals surface area (Å²) in [6, 6.07) is 7.36. The second kappa shape index (κ2) is 5.59. The molecule has 0 fully saturated rings. The largest absolute Gasteiger partial charge is 0.323 e. The molecule has 1 atom stereocenters. The molecule has 0 aliphatic heterocycles. The van der Waals surface area contributed by atoms with Crippen LogP contribution in [0.2, 0.25) is 0 Å². The summed E-state index contributed by atoms with van der Waals surface area (Å²) in [5.74, 6) is -1.12. The quantitative estimate of drug-likeness (QED) is 0.895. The summed E-state index contributed by atoms with van der Waals surface area (Å²) in [6.45, 7) is 2.09. The van der Waals surface area contributed by atoms with Gasteiger partial charge in [-0.15, -0.1) is 11.3 Å². The van der Waals surface area contributed by atoms with Crippen LogP contribution >= 0.6 is 11.3 Å². The molecule has 0 aliphatic rings. The predicted molar refractivity (Wildman–Crippen MR) is 70.7 cm³/mol. The Hall–Kier alpha value is -1.26. The van der Waals surface area contributed by atoms with Gasteiger partial charge in [-0.2, -0.15) is 0 Å². The highest BCUT2D eigenvalue weighted by atomic mass is 32.1. The molecule has 18 heavy (non-hydrogen) atoms. The van der Waals surface area contributed by atoms with Crippen molar-refractivity contribution in [2.45, 2.75) is 25.8 Å². The van der Waals surface area contributed by atoms with E-state index in [1.807, 2.05) is 12.1 Å². The number of halogens is 2. The molecule has 1 heterocycles. The van der Waals surface area contributed by atoms with E-state index in [1.54, 1.807) is 11.3 Å². The van der Waals surface area contributed by atoms with Crippen LogP contribution in [0.5, 0.6) is 0 Å². The first-order chi connectivity index (χ1) is 8.58. The molecule has 2 rings (SSSR count). The van der Waals surface area contributed by atoms with Gasteiger partial charge in [0.25, 0.3) is 0 Å². The van der Waals surface area contributed by atoms with Crippen molar-refractivity contribution >= 4 is 11.3 Å². The van der Waals surface area contributed by atoms with Crippen molar-refractivity contribution in [1.29, 1.82) is 0 Å². The predicted octanol–water partition coefficient (Wildman–Crippen LogP) is 3.83. The highest BCUT2D eigenvalue weighted by molar-refractivity contribution is 7.12. The molecule has 1 unspecified atom stereocenters. The average molecular weight is 267 g/mol. The zero-order valence-corrected chi connectivity index (χ0v) is 10.9. The van der Waals surface area contributed by atoms with E-state index < -0.39 is 11.6 Å². The number of hydrogen-bond donors (Lipinski definition) is 1. The van der Waals surface area contributed by atoms with E-state index in [2.05, 4.69) is 6.92 Å². The molecule has 0 radical (unpaired) electrons. The Bertz CT molecular complexity index is 516. The molecule has 1 aromatic heterocycles. The molecule has 1 aromatic carbocycles.